The van der Waals surface area contributed by atoms with E-state index in [1.54, 1.807) is 11.8 Å². The van der Waals surface area contributed by atoms with Crippen molar-refractivity contribution in [3.05, 3.63) is 0 Å². The van der Waals surface area contributed by atoms with E-state index in [0.717, 1.165) is 0 Å². The Morgan fingerprint density at radius 3 is 2.44 bits per heavy atom. The summed E-state index contributed by atoms with van der Waals surface area (Å²) in [4.78, 5) is 13.5. The van der Waals surface area contributed by atoms with Gasteiger partial charge in [-0.3, -0.25) is 0 Å². The molecule has 1 saturated heterocycles. The second-order valence-corrected chi connectivity index (χ2v) is 7.00. The van der Waals surface area contributed by atoms with Crippen LogP contribution in [0.2, 0.25) is 0 Å². The van der Waals surface area contributed by atoms with Gasteiger partial charge in [0.1, 0.15) is 0 Å². The quantitative estimate of drug-likeness (QED) is 0.815. The molecule has 0 aromatic carbocycles. The Balaban J connectivity index is 2.59. The lowest BCUT2D eigenvalue weighted by atomic mass is 10.4. The summed E-state index contributed by atoms with van der Waals surface area (Å²) in [5.74, 6) is 0.116. The highest BCUT2D eigenvalue weighted by atomic mass is 32.2. The van der Waals surface area contributed by atoms with Crippen molar-refractivity contribution in [2.75, 3.05) is 31.9 Å². The smallest absolute Gasteiger partial charge is 0.317 e. The lowest BCUT2D eigenvalue weighted by molar-refractivity contribution is 0.198. The number of hydrogen-bond acceptors (Lipinski definition) is 3. The fourth-order valence-corrected chi connectivity index (χ4v) is 3.03. The summed E-state index contributed by atoms with van der Waals surface area (Å²) in [6.45, 7) is 7.41. The van der Waals surface area contributed by atoms with Gasteiger partial charge in [0.25, 0.3) is 0 Å². The minimum Gasteiger partial charge on any atom is -0.336 e. The molecule has 0 aromatic rings. The molecule has 0 aliphatic carbocycles. The molecular formula is C11H23N3O3S. The van der Waals surface area contributed by atoms with Crippen molar-refractivity contribution in [1.82, 2.24) is 14.5 Å². The van der Waals surface area contributed by atoms with Gasteiger partial charge in [0.2, 0.25) is 10.0 Å². The number of nitrogens with zero attached hydrogens (tertiary/aromatic N) is 2. The molecule has 1 rings (SSSR count). The van der Waals surface area contributed by atoms with Crippen molar-refractivity contribution >= 4 is 16.1 Å². The van der Waals surface area contributed by atoms with Crippen molar-refractivity contribution < 1.29 is 13.2 Å². The van der Waals surface area contributed by atoms with Gasteiger partial charge in [-0.15, -0.1) is 0 Å². The first kappa shape index (κ1) is 15.2. The van der Waals surface area contributed by atoms with Crippen molar-refractivity contribution in [2.24, 2.45) is 0 Å². The number of sulfonamides is 1. The number of hydrogen-bond donors (Lipinski definition) is 1. The fourth-order valence-electron chi connectivity index (χ4n) is 1.90. The topological polar surface area (TPSA) is 69.7 Å². The average Bonchev–Trinajstić information content (AvgIpc) is 2.53. The summed E-state index contributed by atoms with van der Waals surface area (Å²) in [7, 11) is -3.14. The Morgan fingerprint density at radius 1 is 1.22 bits per heavy atom. The van der Waals surface area contributed by atoms with E-state index >= 15 is 0 Å². The van der Waals surface area contributed by atoms with Gasteiger partial charge in [-0.1, -0.05) is 0 Å². The van der Waals surface area contributed by atoms with Gasteiger partial charge in [-0.05, 0) is 27.2 Å². The summed E-state index contributed by atoms with van der Waals surface area (Å²) >= 11 is 0. The Labute approximate surface area is 109 Å². The summed E-state index contributed by atoms with van der Waals surface area (Å²) in [6, 6.07) is -0.0167. The van der Waals surface area contributed by atoms with E-state index in [2.05, 4.69) is 5.32 Å². The Hall–Kier alpha value is -0.820. The minimum atomic E-state index is -3.14. The van der Waals surface area contributed by atoms with Crippen LogP contribution in [-0.4, -0.2) is 61.6 Å². The molecular weight excluding hydrogens is 254 g/mol. The molecule has 1 heterocycles. The normalized spacial score (nSPS) is 18.8. The Morgan fingerprint density at radius 2 is 1.89 bits per heavy atom. The summed E-state index contributed by atoms with van der Waals surface area (Å²) in [5, 5.41) is 2.83. The standard InChI is InChI=1S/C11H23N3O3S/c1-4-18(16,17)14-7-5-6-13(8-9-14)11(15)12-10(2)3/h10H,4-9H2,1-3H3,(H,12,15). The number of amides is 2. The van der Waals surface area contributed by atoms with Crippen LogP contribution in [0.4, 0.5) is 4.79 Å². The molecule has 2 amide bonds. The third kappa shape index (κ3) is 4.13. The summed E-state index contributed by atoms with van der Waals surface area (Å²) < 4.78 is 25.0. The summed E-state index contributed by atoms with van der Waals surface area (Å²) in [6.07, 6.45) is 0.685. The molecule has 0 unspecified atom stereocenters. The van der Waals surface area contributed by atoms with Crippen molar-refractivity contribution in [3.63, 3.8) is 0 Å². The molecule has 7 heteroatoms. The number of rotatable bonds is 3. The molecule has 0 spiro atoms. The number of nitrogens with one attached hydrogen (secondary N) is 1. The third-order valence-corrected chi connectivity index (χ3v) is 4.79. The zero-order valence-corrected chi connectivity index (χ0v) is 12.2. The summed E-state index contributed by atoms with van der Waals surface area (Å²) in [5.41, 5.74) is 0. The SMILES string of the molecule is CCS(=O)(=O)N1CCCN(C(=O)NC(C)C)CC1. The molecule has 0 radical (unpaired) electrons. The molecule has 1 aliphatic heterocycles. The minimum absolute atomic E-state index is 0.0937. The van der Waals surface area contributed by atoms with Crippen LogP contribution in [0.25, 0.3) is 0 Å². The predicted octanol–water partition coefficient (Wildman–Crippen LogP) is 0.462. The lowest BCUT2D eigenvalue weighted by Crippen LogP contribution is -2.44. The fraction of sp³-hybridized carbons (Fsp3) is 0.909. The second-order valence-electron chi connectivity index (χ2n) is 4.74. The van der Waals surface area contributed by atoms with Crippen LogP contribution < -0.4 is 5.32 Å². The van der Waals surface area contributed by atoms with E-state index < -0.39 is 10.0 Å². The lowest BCUT2D eigenvalue weighted by Gasteiger charge is -2.23. The van der Waals surface area contributed by atoms with Gasteiger partial charge in [0.15, 0.2) is 0 Å². The molecule has 0 saturated carbocycles. The Bertz CT molecular complexity index is 381. The number of carbonyl (C=O) groups excluding carboxylic acids is 1. The molecule has 0 bridgehead atoms. The molecule has 0 atom stereocenters. The van der Waals surface area contributed by atoms with Gasteiger partial charge >= 0.3 is 6.03 Å². The van der Waals surface area contributed by atoms with Gasteiger partial charge in [-0.25, -0.2) is 17.5 Å². The Kier molecular flexibility index (Phi) is 5.40. The second kappa shape index (κ2) is 6.38. The van der Waals surface area contributed by atoms with Gasteiger partial charge in [0, 0.05) is 32.2 Å². The van der Waals surface area contributed by atoms with E-state index in [1.165, 1.54) is 4.31 Å². The zero-order chi connectivity index (χ0) is 13.8. The van der Waals surface area contributed by atoms with Crippen molar-refractivity contribution in [3.8, 4) is 0 Å². The van der Waals surface area contributed by atoms with Crippen LogP contribution in [-0.2, 0) is 10.0 Å². The molecule has 18 heavy (non-hydrogen) atoms. The molecule has 106 valence electrons. The van der Waals surface area contributed by atoms with Crippen LogP contribution in [0.5, 0.6) is 0 Å². The van der Waals surface area contributed by atoms with Crippen LogP contribution in [0.15, 0.2) is 0 Å². The van der Waals surface area contributed by atoms with Gasteiger partial charge in [-0.2, -0.15) is 0 Å². The number of urea groups is 1. The largest absolute Gasteiger partial charge is 0.336 e. The maximum absolute atomic E-state index is 11.8. The van der Waals surface area contributed by atoms with E-state index in [9.17, 15) is 13.2 Å². The maximum Gasteiger partial charge on any atom is 0.317 e. The van der Waals surface area contributed by atoms with Crippen LogP contribution in [0.1, 0.15) is 27.2 Å². The van der Waals surface area contributed by atoms with E-state index in [4.69, 9.17) is 0 Å². The highest BCUT2D eigenvalue weighted by Crippen LogP contribution is 2.08. The number of carbonyl (C=O) groups is 1. The van der Waals surface area contributed by atoms with Crippen molar-refractivity contribution in [1.29, 1.82) is 0 Å². The molecule has 1 fully saturated rings. The molecule has 6 nitrogen and oxygen atoms in total. The van der Waals surface area contributed by atoms with E-state index in [1.807, 2.05) is 13.8 Å². The monoisotopic (exact) mass is 277 g/mol. The van der Waals surface area contributed by atoms with Crippen LogP contribution >= 0.6 is 0 Å². The first-order valence-electron chi connectivity index (χ1n) is 6.40. The van der Waals surface area contributed by atoms with Crippen LogP contribution in [0.3, 0.4) is 0 Å². The average molecular weight is 277 g/mol. The highest BCUT2D eigenvalue weighted by molar-refractivity contribution is 7.89. The van der Waals surface area contributed by atoms with Gasteiger partial charge < -0.3 is 10.2 Å². The van der Waals surface area contributed by atoms with Crippen LogP contribution in [0, 0.1) is 0 Å². The third-order valence-electron chi connectivity index (χ3n) is 2.91. The van der Waals surface area contributed by atoms with E-state index in [0.29, 0.717) is 32.6 Å². The molecule has 1 aliphatic rings. The molecule has 1 N–H and O–H groups in total. The zero-order valence-electron chi connectivity index (χ0n) is 11.3. The highest BCUT2D eigenvalue weighted by Gasteiger charge is 2.25. The first-order chi connectivity index (χ1) is 8.36. The maximum atomic E-state index is 11.8. The van der Waals surface area contributed by atoms with E-state index in [-0.39, 0.29) is 17.8 Å². The predicted molar refractivity (Wildman–Crippen MR) is 70.9 cm³/mol. The molecule has 0 aromatic heterocycles. The van der Waals surface area contributed by atoms with Gasteiger partial charge in [0.05, 0.1) is 5.75 Å². The van der Waals surface area contributed by atoms with Crippen molar-refractivity contribution in [2.45, 2.75) is 33.2 Å². The first-order valence-corrected chi connectivity index (χ1v) is 8.01.